The normalized spacial score (nSPS) is 17.1. The van der Waals surface area contributed by atoms with Gasteiger partial charge in [-0.2, -0.15) is 8.42 Å². The summed E-state index contributed by atoms with van der Waals surface area (Å²) in [5.41, 5.74) is 2.45. The SMILES string of the molecule is COc1cc(N2CCC(N3CCOCC3)CC2)c(Cl)cc1Nc1ncc(Cl)c(-c2cn(S(=O)(=O)O)c3ccccc23)n1. The minimum atomic E-state index is -4.55. The molecular weight excluding hydrogens is 603 g/mol. The number of ether oxygens (including phenoxy) is 2. The van der Waals surface area contributed by atoms with Gasteiger partial charge in [0.05, 0.1) is 59.2 Å². The van der Waals surface area contributed by atoms with Gasteiger partial charge in [0.15, 0.2) is 0 Å². The van der Waals surface area contributed by atoms with Gasteiger partial charge in [0.1, 0.15) is 5.75 Å². The van der Waals surface area contributed by atoms with E-state index in [0.29, 0.717) is 33.5 Å². The zero-order chi connectivity index (χ0) is 29.4. The predicted octanol–water partition coefficient (Wildman–Crippen LogP) is 5.11. The number of rotatable bonds is 7. The maximum atomic E-state index is 12.0. The Balaban J connectivity index is 1.26. The zero-order valence-electron chi connectivity index (χ0n) is 22.8. The summed E-state index contributed by atoms with van der Waals surface area (Å²) in [4.78, 5) is 13.7. The van der Waals surface area contributed by atoms with Crippen LogP contribution in [0.2, 0.25) is 10.0 Å². The van der Waals surface area contributed by atoms with E-state index in [1.54, 1.807) is 37.4 Å². The standard InChI is InChI=1S/C28H30Cl2N6O5S/c1-40-26-15-25(35-8-6-18(7-9-35)34-10-12-41-13-11-34)21(29)14-23(26)32-28-31-16-22(30)27(33-28)20-17-36(42(37,38)39)24-5-3-2-4-19(20)24/h2-5,14-18H,6-13H2,1H3,(H,31,32,33)(H,37,38,39). The Kier molecular flexibility index (Phi) is 8.18. The number of para-hydroxylation sites is 1. The van der Waals surface area contributed by atoms with Crippen LogP contribution in [0.25, 0.3) is 22.2 Å². The summed E-state index contributed by atoms with van der Waals surface area (Å²) in [6, 6.07) is 11.0. The molecule has 0 bridgehead atoms. The van der Waals surface area contributed by atoms with Crippen molar-refractivity contribution in [3.63, 3.8) is 0 Å². The highest BCUT2D eigenvalue weighted by Gasteiger charge is 2.27. The van der Waals surface area contributed by atoms with E-state index in [0.717, 1.165) is 61.9 Å². The minimum absolute atomic E-state index is 0.200. The number of piperidine rings is 1. The lowest BCUT2D eigenvalue weighted by molar-refractivity contribution is 0.0115. The number of benzene rings is 2. The molecule has 2 saturated heterocycles. The third-order valence-electron chi connectivity index (χ3n) is 7.81. The van der Waals surface area contributed by atoms with Crippen molar-refractivity contribution in [3.8, 4) is 17.0 Å². The topological polar surface area (TPSA) is 122 Å². The monoisotopic (exact) mass is 632 g/mol. The van der Waals surface area contributed by atoms with Crippen molar-refractivity contribution < 1.29 is 22.4 Å². The zero-order valence-corrected chi connectivity index (χ0v) is 25.2. The lowest BCUT2D eigenvalue weighted by atomic mass is 10.0. The number of methoxy groups -OCH3 is 1. The molecule has 2 aromatic carbocycles. The van der Waals surface area contributed by atoms with Crippen LogP contribution in [0, 0.1) is 0 Å². The van der Waals surface area contributed by atoms with Gasteiger partial charge in [-0.1, -0.05) is 41.4 Å². The molecule has 11 nitrogen and oxygen atoms in total. The molecular formula is C28H30Cl2N6O5S. The molecule has 2 N–H and O–H groups in total. The number of aromatic nitrogens is 3. The number of halogens is 2. The average Bonchev–Trinajstić information content (AvgIpc) is 3.39. The van der Waals surface area contributed by atoms with E-state index in [4.69, 9.17) is 32.7 Å². The van der Waals surface area contributed by atoms with Crippen LogP contribution in [-0.2, 0) is 15.0 Å². The second-order valence-corrected chi connectivity index (χ2v) is 12.3. The van der Waals surface area contributed by atoms with Crippen molar-refractivity contribution in [1.29, 1.82) is 0 Å². The fourth-order valence-corrected chi connectivity index (χ4v) is 6.85. The Hall–Kier alpha value is -3.13. The molecule has 0 amide bonds. The van der Waals surface area contributed by atoms with Gasteiger partial charge >= 0.3 is 10.3 Å². The van der Waals surface area contributed by atoms with Gasteiger partial charge in [0, 0.05) is 55.4 Å². The van der Waals surface area contributed by atoms with E-state index >= 15 is 0 Å². The molecule has 42 heavy (non-hydrogen) atoms. The Morgan fingerprint density at radius 3 is 2.52 bits per heavy atom. The molecule has 0 unspecified atom stereocenters. The molecule has 4 aromatic rings. The van der Waals surface area contributed by atoms with Crippen LogP contribution in [0.4, 0.5) is 17.3 Å². The molecule has 2 aliphatic heterocycles. The largest absolute Gasteiger partial charge is 0.494 e. The van der Waals surface area contributed by atoms with Crippen molar-refractivity contribution in [2.24, 2.45) is 0 Å². The van der Waals surface area contributed by atoms with Gasteiger partial charge < -0.3 is 19.7 Å². The maximum Gasteiger partial charge on any atom is 0.363 e. The highest BCUT2D eigenvalue weighted by molar-refractivity contribution is 7.84. The summed E-state index contributed by atoms with van der Waals surface area (Å²) in [6.07, 6.45) is 4.81. The van der Waals surface area contributed by atoms with Crippen LogP contribution in [0.3, 0.4) is 0 Å². The smallest absolute Gasteiger partial charge is 0.363 e. The van der Waals surface area contributed by atoms with E-state index in [2.05, 4.69) is 25.1 Å². The van der Waals surface area contributed by atoms with Crippen molar-refractivity contribution in [2.45, 2.75) is 18.9 Å². The fourth-order valence-electron chi connectivity index (χ4n) is 5.73. The Morgan fingerprint density at radius 2 is 1.81 bits per heavy atom. The molecule has 0 spiro atoms. The van der Waals surface area contributed by atoms with Gasteiger partial charge in [0.25, 0.3) is 0 Å². The minimum Gasteiger partial charge on any atom is -0.494 e. The molecule has 6 rings (SSSR count). The quantitative estimate of drug-likeness (QED) is 0.266. The van der Waals surface area contributed by atoms with E-state index < -0.39 is 10.3 Å². The summed E-state index contributed by atoms with van der Waals surface area (Å²) in [6.45, 7) is 5.33. The maximum absolute atomic E-state index is 12.0. The third-order valence-corrected chi connectivity index (χ3v) is 9.19. The van der Waals surface area contributed by atoms with Gasteiger partial charge in [0.2, 0.25) is 5.95 Å². The first kappa shape index (κ1) is 29.0. The lowest BCUT2D eigenvalue weighted by Gasteiger charge is -2.41. The molecule has 4 heterocycles. The predicted molar refractivity (Wildman–Crippen MR) is 164 cm³/mol. The molecule has 14 heteroatoms. The van der Waals surface area contributed by atoms with E-state index in [1.807, 2.05) is 6.07 Å². The average molecular weight is 634 g/mol. The van der Waals surface area contributed by atoms with Crippen LogP contribution in [0.1, 0.15) is 12.8 Å². The first-order valence-electron chi connectivity index (χ1n) is 13.5. The van der Waals surface area contributed by atoms with Crippen LogP contribution in [0.5, 0.6) is 5.75 Å². The molecule has 2 aliphatic rings. The highest BCUT2D eigenvalue weighted by atomic mass is 35.5. The van der Waals surface area contributed by atoms with Crippen molar-refractivity contribution in [1.82, 2.24) is 18.8 Å². The Bertz CT molecular complexity index is 1720. The van der Waals surface area contributed by atoms with Crippen molar-refractivity contribution >= 4 is 61.7 Å². The van der Waals surface area contributed by atoms with Crippen LogP contribution in [-0.4, -0.2) is 84.4 Å². The molecule has 0 atom stereocenters. The van der Waals surface area contributed by atoms with E-state index in [-0.39, 0.29) is 22.2 Å². The Morgan fingerprint density at radius 1 is 1.07 bits per heavy atom. The summed E-state index contributed by atoms with van der Waals surface area (Å²) in [5, 5.41) is 4.48. The van der Waals surface area contributed by atoms with Crippen molar-refractivity contribution in [2.75, 3.05) is 56.7 Å². The van der Waals surface area contributed by atoms with Gasteiger partial charge in [-0.05, 0) is 25.0 Å². The van der Waals surface area contributed by atoms with Gasteiger partial charge in [-0.25, -0.2) is 13.9 Å². The first-order chi connectivity index (χ1) is 20.2. The summed E-state index contributed by atoms with van der Waals surface area (Å²) in [7, 11) is -2.97. The van der Waals surface area contributed by atoms with E-state index in [1.165, 1.54) is 12.4 Å². The molecule has 0 saturated carbocycles. The molecule has 2 fully saturated rings. The van der Waals surface area contributed by atoms with Gasteiger partial charge in [-0.15, -0.1) is 0 Å². The number of morpholine rings is 1. The molecule has 0 aliphatic carbocycles. The first-order valence-corrected chi connectivity index (χ1v) is 15.7. The number of fused-ring (bicyclic) bond motifs is 1. The Labute approximate surface area is 253 Å². The second-order valence-electron chi connectivity index (χ2n) is 10.2. The van der Waals surface area contributed by atoms with E-state index in [9.17, 15) is 13.0 Å². The number of anilines is 3. The summed E-state index contributed by atoms with van der Waals surface area (Å²) in [5.74, 6) is 0.763. The lowest BCUT2D eigenvalue weighted by Crippen LogP contribution is -2.49. The molecule has 2 aromatic heterocycles. The van der Waals surface area contributed by atoms with Gasteiger partial charge in [-0.3, -0.25) is 9.45 Å². The van der Waals surface area contributed by atoms with Crippen molar-refractivity contribution in [3.05, 3.63) is 58.8 Å². The molecule has 222 valence electrons. The highest BCUT2D eigenvalue weighted by Crippen LogP contribution is 2.40. The van der Waals surface area contributed by atoms with Crippen LogP contribution in [0.15, 0.2) is 48.8 Å². The number of nitrogens with zero attached hydrogens (tertiary/aromatic N) is 5. The summed E-state index contributed by atoms with van der Waals surface area (Å²) >= 11 is 13.3. The fraction of sp³-hybridized carbons (Fsp3) is 0.357. The van der Waals surface area contributed by atoms with Crippen LogP contribution >= 0.6 is 23.2 Å². The molecule has 0 radical (unpaired) electrons. The van der Waals surface area contributed by atoms with Crippen LogP contribution < -0.4 is 15.0 Å². The summed E-state index contributed by atoms with van der Waals surface area (Å²) < 4.78 is 45.8. The number of hydrogen-bond acceptors (Lipinski definition) is 9. The third kappa shape index (κ3) is 5.75. The second kappa shape index (κ2) is 11.9. The number of hydrogen-bond donors (Lipinski definition) is 2. The number of nitrogens with one attached hydrogen (secondary N) is 1.